The lowest BCUT2D eigenvalue weighted by atomic mass is 10.1. The first-order valence-corrected chi connectivity index (χ1v) is 7.66. The molecule has 1 rings (SSSR count). The second-order valence-corrected chi connectivity index (χ2v) is 5.24. The summed E-state index contributed by atoms with van der Waals surface area (Å²) in [5, 5.41) is 0. The fourth-order valence-electron chi connectivity index (χ4n) is 2.39. The van der Waals surface area contributed by atoms with E-state index in [-0.39, 0.29) is 6.10 Å². The van der Waals surface area contributed by atoms with Crippen molar-refractivity contribution in [2.45, 2.75) is 83.7 Å². The molecule has 0 radical (unpaired) electrons. The first kappa shape index (κ1) is 15.3. The molecule has 0 unspecified atom stereocenters. The second-order valence-electron chi connectivity index (χ2n) is 5.24. The monoisotopic (exact) mass is 256 g/mol. The highest BCUT2D eigenvalue weighted by Gasteiger charge is 2.16. The molecule has 0 N–H and O–H groups in total. The molecule has 1 fully saturated rings. The molecule has 0 atom stereocenters. The molecule has 0 heterocycles. The van der Waals surface area contributed by atoms with Gasteiger partial charge in [-0.1, -0.05) is 45.4 Å². The Hall–Kier alpha value is -0.730. The van der Waals surface area contributed by atoms with Crippen LogP contribution in [0.25, 0.3) is 0 Å². The van der Waals surface area contributed by atoms with Gasteiger partial charge in [0.05, 0.1) is 6.61 Å². The van der Waals surface area contributed by atoms with Gasteiger partial charge in [-0.3, -0.25) is 0 Å². The summed E-state index contributed by atoms with van der Waals surface area (Å²) in [6.07, 6.45) is 12.4. The predicted octanol–water partition coefficient (Wildman–Crippen LogP) is 4.83. The van der Waals surface area contributed by atoms with Crippen molar-refractivity contribution in [3.05, 3.63) is 0 Å². The summed E-state index contributed by atoms with van der Waals surface area (Å²) in [7, 11) is 0. The summed E-state index contributed by atoms with van der Waals surface area (Å²) >= 11 is 0. The molecule has 0 aromatic carbocycles. The number of rotatable bonds is 5. The Morgan fingerprint density at radius 1 is 1.00 bits per heavy atom. The molecule has 18 heavy (non-hydrogen) atoms. The third-order valence-electron chi connectivity index (χ3n) is 3.53. The van der Waals surface area contributed by atoms with Crippen LogP contribution in [-0.2, 0) is 9.47 Å². The van der Waals surface area contributed by atoms with E-state index in [1.54, 1.807) is 0 Å². The molecular weight excluding hydrogens is 228 g/mol. The maximum Gasteiger partial charge on any atom is 0.508 e. The van der Waals surface area contributed by atoms with Gasteiger partial charge >= 0.3 is 6.16 Å². The zero-order valence-corrected chi connectivity index (χ0v) is 11.8. The minimum atomic E-state index is -0.463. The third-order valence-corrected chi connectivity index (χ3v) is 3.53. The SMILES string of the molecule is CCCCCOC(=O)OC1CCCCCCCC1. The minimum Gasteiger partial charge on any atom is -0.434 e. The van der Waals surface area contributed by atoms with Crippen LogP contribution in [0.4, 0.5) is 4.79 Å². The third kappa shape index (κ3) is 7.57. The highest BCUT2D eigenvalue weighted by Crippen LogP contribution is 2.19. The molecule has 0 aliphatic heterocycles. The Balaban J connectivity index is 2.15. The van der Waals surface area contributed by atoms with Crippen molar-refractivity contribution in [2.75, 3.05) is 6.61 Å². The smallest absolute Gasteiger partial charge is 0.434 e. The van der Waals surface area contributed by atoms with Crippen molar-refractivity contribution >= 4 is 6.16 Å². The van der Waals surface area contributed by atoms with Crippen LogP contribution in [-0.4, -0.2) is 18.9 Å². The Bertz CT molecular complexity index is 206. The number of unbranched alkanes of at least 4 members (excludes halogenated alkanes) is 2. The van der Waals surface area contributed by atoms with Crippen molar-refractivity contribution in [3.8, 4) is 0 Å². The van der Waals surface area contributed by atoms with Crippen LogP contribution in [0.3, 0.4) is 0 Å². The van der Waals surface area contributed by atoms with Gasteiger partial charge in [0.1, 0.15) is 6.10 Å². The van der Waals surface area contributed by atoms with Gasteiger partial charge in [0.15, 0.2) is 0 Å². The van der Waals surface area contributed by atoms with Gasteiger partial charge in [0.2, 0.25) is 0 Å². The van der Waals surface area contributed by atoms with Gasteiger partial charge in [-0.05, 0) is 32.1 Å². The highest BCUT2D eigenvalue weighted by atomic mass is 16.7. The normalized spacial score (nSPS) is 18.5. The number of carbonyl (C=O) groups excluding carboxylic acids is 1. The number of hydrogen-bond donors (Lipinski definition) is 0. The summed E-state index contributed by atoms with van der Waals surface area (Å²) in [6.45, 7) is 2.63. The highest BCUT2D eigenvalue weighted by molar-refractivity contribution is 5.60. The van der Waals surface area contributed by atoms with Gasteiger partial charge in [-0.2, -0.15) is 0 Å². The van der Waals surface area contributed by atoms with E-state index in [9.17, 15) is 4.79 Å². The van der Waals surface area contributed by atoms with Crippen molar-refractivity contribution in [3.63, 3.8) is 0 Å². The molecule has 0 saturated heterocycles. The topological polar surface area (TPSA) is 35.5 Å². The summed E-state index contributed by atoms with van der Waals surface area (Å²) < 4.78 is 10.5. The number of ether oxygens (including phenoxy) is 2. The lowest BCUT2D eigenvalue weighted by Crippen LogP contribution is -2.19. The van der Waals surface area contributed by atoms with Gasteiger partial charge in [-0.25, -0.2) is 4.79 Å². The number of hydrogen-bond acceptors (Lipinski definition) is 3. The molecule has 1 aliphatic carbocycles. The molecule has 0 aromatic rings. The maximum absolute atomic E-state index is 11.5. The Labute approximate surface area is 111 Å². The minimum absolute atomic E-state index is 0.0850. The summed E-state index contributed by atoms with van der Waals surface area (Å²) in [6, 6.07) is 0. The lowest BCUT2D eigenvalue weighted by Gasteiger charge is -2.16. The quantitative estimate of drug-likeness (QED) is 0.522. The van der Waals surface area contributed by atoms with Crippen LogP contribution in [0, 0.1) is 0 Å². The van der Waals surface area contributed by atoms with Crippen LogP contribution in [0.2, 0.25) is 0 Å². The van der Waals surface area contributed by atoms with Gasteiger partial charge in [0.25, 0.3) is 0 Å². The standard InChI is InChI=1S/C15H28O3/c1-2-3-10-13-17-15(16)18-14-11-8-6-4-5-7-9-12-14/h14H,2-13H2,1H3. The van der Waals surface area contributed by atoms with E-state index in [0.717, 1.165) is 32.1 Å². The van der Waals surface area contributed by atoms with E-state index >= 15 is 0 Å². The molecule has 3 heteroatoms. The summed E-state index contributed by atoms with van der Waals surface area (Å²) in [5.41, 5.74) is 0. The zero-order valence-electron chi connectivity index (χ0n) is 11.8. The lowest BCUT2D eigenvalue weighted by molar-refractivity contribution is 0.0161. The molecule has 106 valence electrons. The average molecular weight is 256 g/mol. The van der Waals surface area contributed by atoms with E-state index in [1.165, 1.54) is 38.5 Å². The largest absolute Gasteiger partial charge is 0.508 e. The van der Waals surface area contributed by atoms with Crippen LogP contribution in [0.1, 0.15) is 77.6 Å². The van der Waals surface area contributed by atoms with Crippen molar-refractivity contribution in [2.24, 2.45) is 0 Å². The van der Waals surface area contributed by atoms with Crippen LogP contribution < -0.4 is 0 Å². The van der Waals surface area contributed by atoms with E-state index in [2.05, 4.69) is 6.92 Å². The molecule has 1 aliphatic rings. The molecule has 1 saturated carbocycles. The van der Waals surface area contributed by atoms with Crippen molar-refractivity contribution in [1.82, 2.24) is 0 Å². The number of carbonyl (C=O) groups is 1. The van der Waals surface area contributed by atoms with E-state index in [4.69, 9.17) is 9.47 Å². The molecular formula is C15H28O3. The van der Waals surface area contributed by atoms with Gasteiger partial charge in [-0.15, -0.1) is 0 Å². The van der Waals surface area contributed by atoms with Crippen LogP contribution in [0.5, 0.6) is 0 Å². The Morgan fingerprint density at radius 2 is 1.61 bits per heavy atom. The predicted molar refractivity (Wildman–Crippen MR) is 72.7 cm³/mol. The molecule has 0 bridgehead atoms. The molecule has 0 spiro atoms. The average Bonchev–Trinajstić information content (AvgIpc) is 2.49. The molecule has 0 amide bonds. The van der Waals surface area contributed by atoms with E-state index in [0.29, 0.717) is 6.61 Å². The Morgan fingerprint density at radius 3 is 2.22 bits per heavy atom. The second kappa shape index (κ2) is 10.2. The zero-order chi connectivity index (χ0) is 13.1. The van der Waals surface area contributed by atoms with Gasteiger partial charge in [0, 0.05) is 0 Å². The fraction of sp³-hybridized carbons (Fsp3) is 0.933. The van der Waals surface area contributed by atoms with Crippen LogP contribution in [0.15, 0.2) is 0 Å². The summed E-state index contributed by atoms with van der Waals surface area (Å²) in [4.78, 5) is 11.5. The first-order chi connectivity index (χ1) is 8.83. The van der Waals surface area contributed by atoms with Crippen LogP contribution >= 0.6 is 0 Å². The van der Waals surface area contributed by atoms with Gasteiger partial charge < -0.3 is 9.47 Å². The van der Waals surface area contributed by atoms with E-state index < -0.39 is 6.16 Å². The van der Waals surface area contributed by atoms with Crippen molar-refractivity contribution in [1.29, 1.82) is 0 Å². The molecule has 0 aromatic heterocycles. The maximum atomic E-state index is 11.5. The fourth-order valence-corrected chi connectivity index (χ4v) is 2.39. The Kier molecular flexibility index (Phi) is 8.70. The van der Waals surface area contributed by atoms with Crippen molar-refractivity contribution < 1.29 is 14.3 Å². The molecule has 3 nitrogen and oxygen atoms in total. The first-order valence-electron chi connectivity index (χ1n) is 7.66. The van der Waals surface area contributed by atoms with E-state index in [1.807, 2.05) is 0 Å². The summed E-state index contributed by atoms with van der Waals surface area (Å²) in [5.74, 6) is 0.